The van der Waals surface area contributed by atoms with Crippen molar-refractivity contribution in [1.29, 1.82) is 0 Å². The van der Waals surface area contributed by atoms with E-state index in [2.05, 4.69) is 10.6 Å². The Labute approximate surface area is 148 Å². The number of rotatable bonds is 6. The average Bonchev–Trinajstić information content (AvgIpc) is 2.36. The molecule has 0 heterocycles. The van der Waals surface area contributed by atoms with Gasteiger partial charge in [-0.05, 0) is 38.0 Å². The molecule has 1 aromatic carbocycles. The molecule has 0 radical (unpaired) electrons. The van der Waals surface area contributed by atoms with Gasteiger partial charge in [-0.1, -0.05) is 25.4 Å². The number of benzene rings is 1. The summed E-state index contributed by atoms with van der Waals surface area (Å²) in [6.07, 6.45) is 0.422. The first kappa shape index (κ1) is 21.7. The highest BCUT2D eigenvalue weighted by molar-refractivity contribution is 6.34. The maximum atomic E-state index is 12.2. The monoisotopic (exact) mass is 361 g/mol. The van der Waals surface area contributed by atoms with Crippen LogP contribution in [0.15, 0.2) is 18.2 Å². The molecule has 0 fully saturated rings. The van der Waals surface area contributed by atoms with E-state index in [4.69, 9.17) is 17.3 Å². The minimum atomic E-state index is -0.509. The number of hydrogen-bond acceptors (Lipinski definition) is 3. The number of carbonyl (C=O) groups is 2. The third-order valence-corrected chi connectivity index (χ3v) is 3.12. The summed E-state index contributed by atoms with van der Waals surface area (Å²) in [5.74, 6) is -0.142. The van der Waals surface area contributed by atoms with Gasteiger partial charge in [0.2, 0.25) is 5.91 Å². The Morgan fingerprint density at radius 2 is 1.91 bits per heavy atom. The second-order valence-corrected chi connectivity index (χ2v) is 6.92. The Balaban J connectivity index is 0.00000484. The van der Waals surface area contributed by atoms with Gasteiger partial charge in [0, 0.05) is 24.2 Å². The molecule has 0 aromatic heterocycles. The molecule has 0 aliphatic rings. The van der Waals surface area contributed by atoms with Crippen molar-refractivity contribution >= 4 is 41.5 Å². The molecule has 0 atom stereocenters. The van der Waals surface area contributed by atoms with Gasteiger partial charge in [-0.15, -0.1) is 12.4 Å². The number of nitrogens with two attached hydrogens (primary N) is 1. The summed E-state index contributed by atoms with van der Waals surface area (Å²) < 4.78 is 0. The van der Waals surface area contributed by atoms with Crippen LogP contribution in [0.1, 0.15) is 44.5 Å². The third kappa shape index (κ3) is 8.21. The van der Waals surface area contributed by atoms with Crippen LogP contribution < -0.4 is 16.4 Å². The minimum Gasteiger partial charge on any atom is -0.350 e. The molecule has 0 bridgehead atoms. The highest BCUT2D eigenvalue weighted by atomic mass is 35.5. The SMILES string of the molecule is CC(C)CC(=O)Nc1ccc(Cl)c(C(=O)NCC(C)(C)N)c1.Cl. The summed E-state index contributed by atoms with van der Waals surface area (Å²) in [7, 11) is 0. The lowest BCUT2D eigenvalue weighted by molar-refractivity contribution is -0.116. The first-order valence-electron chi connectivity index (χ1n) is 7.25. The molecule has 0 unspecified atom stereocenters. The lowest BCUT2D eigenvalue weighted by Gasteiger charge is -2.19. The number of amides is 2. The van der Waals surface area contributed by atoms with Crippen LogP contribution in [-0.2, 0) is 4.79 Å². The lowest BCUT2D eigenvalue weighted by atomic mass is 10.1. The van der Waals surface area contributed by atoms with Crippen LogP contribution in [-0.4, -0.2) is 23.9 Å². The zero-order chi connectivity index (χ0) is 16.9. The maximum absolute atomic E-state index is 12.2. The van der Waals surface area contributed by atoms with Crippen LogP contribution >= 0.6 is 24.0 Å². The molecule has 0 saturated heterocycles. The van der Waals surface area contributed by atoms with E-state index >= 15 is 0 Å². The minimum absolute atomic E-state index is 0. The lowest BCUT2D eigenvalue weighted by Crippen LogP contribution is -2.45. The summed E-state index contributed by atoms with van der Waals surface area (Å²) in [4.78, 5) is 23.9. The predicted octanol–water partition coefficient (Wildman–Crippen LogP) is 3.21. The number of hydrogen-bond donors (Lipinski definition) is 3. The van der Waals surface area contributed by atoms with Gasteiger partial charge < -0.3 is 16.4 Å². The Bertz CT molecular complexity index is 555. The highest BCUT2D eigenvalue weighted by Crippen LogP contribution is 2.21. The summed E-state index contributed by atoms with van der Waals surface area (Å²) in [6.45, 7) is 7.89. The zero-order valence-electron chi connectivity index (χ0n) is 13.9. The van der Waals surface area contributed by atoms with Crippen molar-refractivity contribution in [1.82, 2.24) is 5.32 Å². The summed E-state index contributed by atoms with van der Waals surface area (Å²) in [5, 5.41) is 5.83. The second-order valence-electron chi connectivity index (χ2n) is 6.51. The van der Waals surface area contributed by atoms with Gasteiger partial charge in [0.15, 0.2) is 0 Å². The second kappa shape index (κ2) is 9.11. The van der Waals surface area contributed by atoms with Crippen LogP contribution in [0.2, 0.25) is 5.02 Å². The number of halogens is 2. The van der Waals surface area contributed by atoms with Crippen molar-refractivity contribution in [3.05, 3.63) is 28.8 Å². The van der Waals surface area contributed by atoms with Gasteiger partial charge in [-0.25, -0.2) is 0 Å². The van der Waals surface area contributed by atoms with Crippen LogP contribution in [0.5, 0.6) is 0 Å². The largest absolute Gasteiger partial charge is 0.350 e. The van der Waals surface area contributed by atoms with Gasteiger partial charge in [0.1, 0.15) is 0 Å². The standard InChI is InChI=1S/C16H24ClN3O2.ClH/c1-10(2)7-14(21)20-11-5-6-13(17)12(8-11)15(22)19-9-16(3,4)18;/h5-6,8,10H,7,9,18H2,1-4H3,(H,19,22)(H,20,21);1H. The maximum Gasteiger partial charge on any atom is 0.252 e. The van der Waals surface area contributed by atoms with Crippen molar-refractivity contribution in [3.8, 4) is 0 Å². The van der Waals surface area contributed by atoms with E-state index < -0.39 is 5.54 Å². The van der Waals surface area contributed by atoms with Crippen LogP contribution in [0.4, 0.5) is 5.69 Å². The molecule has 0 aliphatic heterocycles. The van der Waals surface area contributed by atoms with Gasteiger partial charge in [0.05, 0.1) is 10.6 Å². The third-order valence-electron chi connectivity index (χ3n) is 2.79. The Morgan fingerprint density at radius 1 is 1.30 bits per heavy atom. The fourth-order valence-corrected chi connectivity index (χ4v) is 1.97. The number of nitrogens with one attached hydrogen (secondary N) is 2. The quantitative estimate of drug-likeness (QED) is 0.727. The van der Waals surface area contributed by atoms with E-state index in [1.165, 1.54) is 0 Å². The topological polar surface area (TPSA) is 84.2 Å². The molecule has 1 aromatic rings. The van der Waals surface area contributed by atoms with E-state index in [1.54, 1.807) is 18.2 Å². The molecular formula is C16H25Cl2N3O2. The molecule has 130 valence electrons. The van der Waals surface area contributed by atoms with E-state index in [0.29, 0.717) is 29.2 Å². The van der Waals surface area contributed by atoms with Crippen molar-refractivity contribution in [2.45, 2.75) is 39.7 Å². The zero-order valence-corrected chi connectivity index (χ0v) is 15.5. The van der Waals surface area contributed by atoms with E-state index in [-0.39, 0.29) is 30.1 Å². The van der Waals surface area contributed by atoms with Gasteiger partial charge in [-0.3, -0.25) is 9.59 Å². The Morgan fingerprint density at radius 3 is 2.43 bits per heavy atom. The molecule has 7 heteroatoms. The number of carbonyl (C=O) groups excluding carboxylic acids is 2. The summed E-state index contributed by atoms with van der Waals surface area (Å²) in [5.41, 5.74) is 6.19. The number of anilines is 1. The first-order chi connectivity index (χ1) is 10.1. The fraction of sp³-hybridized carbons (Fsp3) is 0.500. The van der Waals surface area contributed by atoms with Gasteiger partial charge in [-0.2, -0.15) is 0 Å². The van der Waals surface area contributed by atoms with Crippen molar-refractivity contribution < 1.29 is 9.59 Å². The van der Waals surface area contributed by atoms with E-state index in [0.717, 1.165) is 0 Å². The molecule has 0 saturated carbocycles. The predicted molar refractivity (Wildman–Crippen MR) is 97.4 cm³/mol. The molecule has 1 rings (SSSR count). The molecule has 2 amide bonds. The van der Waals surface area contributed by atoms with E-state index in [9.17, 15) is 9.59 Å². The molecule has 5 nitrogen and oxygen atoms in total. The van der Waals surface area contributed by atoms with Crippen molar-refractivity contribution in [2.24, 2.45) is 11.7 Å². The van der Waals surface area contributed by atoms with Crippen molar-refractivity contribution in [2.75, 3.05) is 11.9 Å². The fourth-order valence-electron chi connectivity index (χ4n) is 1.76. The van der Waals surface area contributed by atoms with Gasteiger partial charge >= 0.3 is 0 Å². The van der Waals surface area contributed by atoms with Crippen LogP contribution in [0.25, 0.3) is 0 Å². The summed E-state index contributed by atoms with van der Waals surface area (Å²) in [6, 6.07) is 4.83. The van der Waals surface area contributed by atoms with Crippen molar-refractivity contribution in [3.63, 3.8) is 0 Å². The summed E-state index contributed by atoms with van der Waals surface area (Å²) >= 11 is 6.06. The molecule has 0 spiro atoms. The van der Waals surface area contributed by atoms with Crippen LogP contribution in [0.3, 0.4) is 0 Å². The van der Waals surface area contributed by atoms with Gasteiger partial charge in [0.25, 0.3) is 5.91 Å². The normalized spacial score (nSPS) is 10.9. The molecular weight excluding hydrogens is 337 g/mol. The van der Waals surface area contributed by atoms with Crippen LogP contribution in [0, 0.1) is 5.92 Å². The average molecular weight is 362 g/mol. The van der Waals surface area contributed by atoms with E-state index in [1.807, 2.05) is 27.7 Å². The highest BCUT2D eigenvalue weighted by Gasteiger charge is 2.16. The molecule has 4 N–H and O–H groups in total. The Hall–Kier alpha value is -1.30. The first-order valence-corrected chi connectivity index (χ1v) is 7.63. The molecule has 23 heavy (non-hydrogen) atoms. The molecule has 0 aliphatic carbocycles. The smallest absolute Gasteiger partial charge is 0.252 e. The Kier molecular flexibility index (Phi) is 8.59.